The zero-order valence-electron chi connectivity index (χ0n) is 8.78. The van der Waals surface area contributed by atoms with Crippen LogP contribution >= 0.6 is 11.9 Å². The summed E-state index contributed by atoms with van der Waals surface area (Å²) in [5.74, 6) is 1.16. The number of piperazine rings is 1. The third-order valence-corrected chi connectivity index (χ3v) is 3.37. The van der Waals surface area contributed by atoms with Crippen molar-refractivity contribution in [3.05, 3.63) is 0 Å². The lowest BCUT2D eigenvalue weighted by molar-refractivity contribution is 0.174. The quantitative estimate of drug-likeness (QED) is 0.532. The lowest BCUT2D eigenvalue weighted by atomic mass is 10.2. The van der Waals surface area contributed by atoms with Gasteiger partial charge in [-0.2, -0.15) is 0 Å². The number of hydrogen-bond donors (Lipinski definition) is 2. The van der Waals surface area contributed by atoms with Gasteiger partial charge >= 0.3 is 0 Å². The molecule has 3 nitrogen and oxygen atoms in total. The van der Waals surface area contributed by atoms with Crippen LogP contribution in [0.15, 0.2) is 0 Å². The number of aliphatic hydroxyl groups excluding tert-OH is 1. The zero-order valence-corrected chi connectivity index (χ0v) is 9.59. The van der Waals surface area contributed by atoms with E-state index in [4.69, 9.17) is 5.11 Å². The highest BCUT2D eigenvalue weighted by Crippen LogP contribution is 2.16. The van der Waals surface area contributed by atoms with E-state index in [0.29, 0.717) is 6.04 Å². The molecule has 1 heterocycles. The Hall–Kier alpha value is -0.210. The smallest absolute Gasteiger partial charge is 0.0608 e. The average Bonchev–Trinajstić information content (AvgIpc) is 2.29. The van der Waals surface area contributed by atoms with Crippen molar-refractivity contribution in [2.24, 2.45) is 0 Å². The Balaban J connectivity index is 0.000000791. The third-order valence-electron chi connectivity index (χ3n) is 1.97. The van der Waals surface area contributed by atoms with Crippen molar-refractivity contribution in [3.8, 4) is 12.8 Å². The van der Waals surface area contributed by atoms with Gasteiger partial charge in [0.15, 0.2) is 0 Å². The van der Waals surface area contributed by atoms with Crippen LogP contribution in [0.25, 0.3) is 0 Å². The van der Waals surface area contributed by atoms with Gasteiger partial charge in [0.25, 0.3) is 0 Å². The van der Waals surface area contributed by atoms with Crippen molar-refractivity contribution in [1.82, 2.24) is 9.62 Å². The minimum absolute atomic E-state index is 0.268. The summed E-state index contributed by atoms with van der Waals surface area (Å²) < 4.78 is 2.31. The Bertz CT molecular complexity index is 152. The van der Waals surface area contributed by atoms with Crippen molar-refractivity contribution in [2.75, 3.05) is 32.0 Å². The molecule has 1 unspecified atom stereocenters. The first-order valence-electron chi connectivity index (χ1n) is 4.93. The maximum Gasteiger partial charge on any atom is 0.0608 e. The SMILES string of the molecule is C#C.CCCSN1CCNCC1CO. The molecule has 1 rings (SSSR count). The molecule has 0 amide bonds. The molecule has 0 saturated carbocycles. The maximum absolute atomic E-state index is 9.07. The number of terminal acetylenes is 1. The molecular formula is C10H20N2OS. The number of hydrogen-bond acceptors (Lipinski definition) is 4. The van der Waals surface area contributed by atoms with Gasteiger partial charge in [-0.25, -0.2) is 4.31 Å². The summed E-state index contributed by atoms with van der Waals surface area (Å²) in [5, 5.41) is 12.3. The van der Waals surface area contributed by atoms with Gasteiger partial charge in [0.2, 0.25) is 0 Å². The van der Waals surface area contributed by atoms with Crippen LogP contribution in [0.4, 0.5) is 0 Å². The summed E-state index contributed by atoms with van der Waals surface area (Å²) in [6, 6.07) is 0.315. The Kier molecular flexibility index (Phi) is 9.21. The first kappa shape index (κ1) is 13.8. The molecule has 1 aliphatic heterocycles. The highest BCUT2D eigenvalue weighted by atomic mass is 32.2. The van der Waals surface area contributed by atoms with Crippen LogP contribution < -0.4 is 5.32 Å². The summed E-state index contributed by atoms with van der Waals surface area (Å²) in [6.07, 6.45) is 9.20. The molecule has 14 heavy (non-hydrogen) atoms. The highest BCUT2D eigenvalue weighted by molar-refractivity contribution is 7.97. The summed E-state index contributed by atoms with van der Waals surface area (Å²) in [4.78, 5) is 0. The number of aliphatic hydroxyl groups is 1. The topological polar surface area (TPSA) is 35.5 Å². The van der Waals surface area contributed by atoms with E-state index in [0.717, 1.165) is 25.4 Å². The van der Waals surface area contributed by atoms with Gasteiger partial charge in [0.1, 0.15) is 0 Å². The van der Waals surface area contributed by atoms with Crippen molar-refractivity contribution < 1.29 is 5.11 Å². The molecule has 0 aromatic carbocycles. The lowest BCUT2D eigenvalue weighted by Gasteiger charge is -2.33. The van der Waals surface area contributed by atoms with Crippen LogP contribution in [0.1, 0.15) is 13.3 Å². The molecule has 2 N–H and O–H groups in total. The van der Waals surface area contributed by atoms with Gasteiger partial charge in [0, 0.05) is 25.4 Å². The van der Waals surface area contributed by atoms with E-state index in [1.54, 1.807) is 0 Å². The van der Waals surface area contributed by atoms with Crippen LogP contribution in [0.2, 0.25) is 0 Å². The van der Waals surface area contributed by atoms with Crippen molar-refractivity contribution in [2.45, 2.75) is 19.4 Å². The Morgan fingerprint density at radius 2 is 2.29 bits per heavy atom. The van der Waals surface area contributed by atoms with Gasteiger partial charge < -0.3 is 10.4 Å². The molecule has 4 heteroatoms. The predicted octanol–water partition coefficient (Wildman–Crippen LogP) is 0.560. The summed E-state index contributed by atoms with van der Waals surface area (Å²) in [7, 11) is 0. The third kappa shape index (κ3) is 4.87. The molecule has 1 atom stereocenters. The second kappa shape index (κ2) is 9.35. The van der Waals surface area contributed by atoms with Gasteiger partial charge in [-0.05, 0) is 6.42 Å². The summed E-state index contributed by atoms with van der Waals surface area (Å²) in [6.45, 7) is 5.48. The molecule has 0 bridgehead atoms. The van der Waals surface area contributed by atoms with Gasteiger partial charge in [-0.15, -0.1) is 12.8 Å². The molecule has 0 aliphatic carbocycles. The zero-order chi connectivity index (χ0) is 10.8. The monoisotopic (exact) mass is 216 g/mol. The standard InChI is InChI=1S/C8H18N2OS.C2H2/c1-2-5-12-10-4-3-9-6-8(10)7-11;1-2/h8-9,11H,2-7H2,1H3;1-2H. The fourth-order valence-electron chi connectivity index (χ4n) is 1.28. The largest absolute Gasteiger partial charge is 0.395 e. The van der Waals surface area contributed by atoms with Gasteiger partial charge in [-0.1, -0.05) is 18.9 Å². The van der Waals surface area contributed by atoms with Crippen molar-refractivity contribution in [1.29, 1.82) is 0 Å². The molecule has 82 valence electrons. The fraction of sp³-hybridized carbons (Fsp3) is 0.800. The number of nitrogens with one attached hydrogen (secondary N) is 1. The van der Waals surface area contributed by atoms with Crippen LogP contribution in [-0.4, -0.2) is 47.4 Å². The first-order valence-corrected chi connectivity index (χ1v) is 5.87. The molecule has 0 aromatic rings. The van der Waals surface area contributed by atoms with E-state index in [9.17, 15) is 0 Å². The van der Waals surface area contributed by atoms with E-state index in [1.165, 1.54) is 6.42 Å². The molecule has 1 aliphatic rings. The summed E-state index contributed by atoms with van der Waals surface area (Å²) >= 11 is 1.86. The van der Waals surface area contributed by atoms with Crippen LogP contribution in [-0.2, 0) is 0 Å². The lowest BCUT2D eigenvalue weighted by Crippen LogP contribution is -2.49. The highest BCUT2D eigenvalue weighted by Gasteiger charge is 2.20. The number of rotatable bonds is 4. The van der Waals surface area contributed by atoms with Crippen LogP contribution in [0.3, 0.4) is 0 Å². The van der Waals surface area contributed by atoms with E-state index in [-0.39, 0.29) is 6.61 Å². The predicted molar refractivity (Wildman–Crippen MR) is 63.1 cm³/mol. The minimum Gasteiger partial charge on any atom is -0.395 e. The molecular weight excluding hydrogens is 196 g/mol. The van der Waals surface area contributed by atoms with E-state index >= 15 is 0 Å². The fourth-order valence-corrected chi connectivity index (χ4v) is 2.27. The normalized spacial score (nSPS) is 22.4. The van der Waals surface area contributed by atoms with Crippen LogP contribution in [0, 0.1) is 12.8 Å². The van der Waals surface area contributed by atoms with Crippen molar-refractivity contribution >= 4 is 11.9 Å². The molecule has 1 saturated heterocycles. The molecule has 0 aromatic heterocycles. The molecule has 1 fully saturated rings. The Labute approximate surface area is 91.4 Å². The Morgan fingerprint density at radius 1 is 1.57 bits per heavy atom. The van der Waals surface area contributed by atoms with Crippen molar-refractivity contribution in [3.63, 3.8) is 0 Å². The summed E-state index contributed by atoms with van der Waals surface area (Å²) in [5.41, 5.74) is 0. The van der Waals surface area contributed by atoms with E-state index in [1.807, 2.05) is 11.9 Å². The second-order valence-electron chi connectivity index (χ2n) is 3.01. The maximum atomic E-state index is 9.07. The van der Waals surface area contributed by atoms with Gasteiger partial charge in [-0.3, -0.25) is 0 Å². The van der Waals surface area contributed by atoms with Crippen LogP contribution in [0.5, 0.6) is 0 Å². The molecule has 0 spiro atoms. The molecule has 0 radical (unpaired) electrons. The van der Waals surface area contributed by atoms with E-state index < -0.39 is 0 Å². The van der Waals surface area contributed by atoms with E-state index in [2.05, 4.69) is 29.4 Å². The Morgan fingerprint density at radius 3 is 2.86 bits per heavy atom. The number of nitrogens with zero attached hydrogens (tertiary/aromatic N) is 1. The van der Waals surface area contributed by atoms with Gasteiger partial charge in [0.05, 0.1) is 12.6 Å². The average molecular weight is 216 g/mol. The first-order chi connectivity index (χ1) is 6.88. The minimum atomic E-state index is 0.268. The second-order valence-corrected chi connectivity index (χ2v) is 4.15.